The number of carbonyl (C=O) groups excluding carboxylic acids is 1. The zero-order valence-corrected chi connectivity index (χ0v) is 8.14. The van der Waals surface area contributed by atoms with Gasteiger partial charge in [-0.1, -0.05) is 6.92 Å². The summed E-state index contributed by atoms with van der Waals surface area (Å²) in [7, 11) is 0. The van der Waals surface area contributed by atoms with Gasteiger partial charge in [0.1, 0.15) is 6.61 Å². The van der Waals surface area contributed by atoms with Crippen LogP contribution in [-0.4, -0.2) is 38.3 Å². The Balaban J connectivity index is 2.00. The lowest BCUT2D eigenvalue weighted by Crippen LogP contribution is -2.30. The van der Waals surface area contributed by atoms with Gasteiger partial charge in [-0.15, -0.1) is 0 Å². The average molecular weight is 186 g/mol. The molecule has 1 heterocycles. The monoisotopic (exact) mass is 186 g/mol. The Morgan fingerprint density at radius 1 is 1.69 bits per heavy atom. The van der Waals surface area contributed by atoms with Crippen molar-refractivity contribution >= 4 is 5.91 Å². The van der Waals surface area contributed by atoms with E-state index in [9.17, 15) is 4.79 Å². The van der Waals surface area contributed by atoms with E-state index in [1.807, 2.05) is 6.92 Å². The van der Waals surface area contributed by atoms with Gasteiger partial charge in [0.25, 0.3) is 0 Å². The number of ether oxygens (including phenoxy) is 1. The second-order valence-corrected chi connectivity index (χ2v) is 3.28. The minimum Gasteiger partial charge on any atom is -0.367 e. The maximum absolute atomic E-state index is 11.1. The fourth-order valence-electron chi connectivity index (χ4n) is 1.28. The number of carbonyl (C=O) groups is 1. The zero-order valence-electron chi connectivity index (χ0n) is 8.14. The number of hydrogen-bond acceptors (Lipinski definition) is 3. The summed E-state index contributed by atoms with van der Waals surface area (Å²) in [5, 5.41) is 5.95. The van der Waals surface area contributed by atoms with Crippen LogP contribution in [0.3, 0.4) is 0 Å². The fourth-order valence-corrected chi connectivity index (χ4v) is 1.28. The van der Waals surface area contributed by atoms with Gasteiger partial charge in [0.05, 0.1) is 6.10 Å². The van der Waals surface area contributed by atoms with Gasteiger partial charge in [-0.2, -0.15) is 0 Å². The van der Waals surface area contributed by atoms with E-state index in [0.717, 1.165) is 32.5 Å². The molecule has 1 rings (SSSR count). The van der Waals surface area contributed by atoms with E-state index in [1.165, 1.54) is 0 Å². The van der Waals surface area contributed by atoms with Crippen molar-refractivity contribution < 1.29 is 9.53 Å². The molecule has 76 valence electrons. The van der Waals surface area contributed by atoms with Crippen molar-refractivity contribution in [2.24, 2.45) is 0 Å². The van der Waals surface area contributed by atoms with Gasteiger partial charge in [0.15, 0.2) is 0 Å². The third kappa shape index (κ3) is 4.24. The standard InChI is InChI=1S/C9H18N2O2/c1-2-4-11-9(12)7-13-8-3-5-10-6-8/h8,10H,2-7H2,1H3,(H,11,12). The predicted molar refractivity (Wildman–Crippen MR) is 50.5 cm³/mol. The third-order valence-corrected chi connectivity index (χ3v) is 2.04. The summed E-state index contributed by atoms with van der Waals surface area (Å²) in [4.78, 5) is 11.1. The number of hydrogen-bond donors (Lipinski definition) is 2. The van der Waals surface area contributed by atoms with Crippen molar-refractivity contribution in [3.63, 3.8) is 0 Å². The van der Waals surface area contributed by atoms with Crippen molar-refractivity contribution in [1.29, 1.82) is 0 Å². The van der Waals surface area contributed by atoms with E-state index in [1.54, 1.807) is 0 Å². The second-order valence-electron chi connectivity index (χ2n) is 3.28. The minimum absolute atomic E-state index is 0.00579. The maximum Gasteiger partial charge on any atom is 0.246 e. The Morgan fingerprint density at radius 2 is 2.54 bits per heavy atom. The highest BCUT2D eigenvalue weighted by Crippen LogP contribution is 2.01. The summed E-state index contributed by atoms with van der Waals surface area (Å²) in [6.45, 7) is 4.85. The average Bonchev–Trinajstić information content (AvgIpc) is 2.64. The zero-order chi connectivity index (χ0) is 9.52. The lowest BCUT2D eigenvalue weighted by Gasteiger charge is -2.09. The molecule has 1 fully saturated rings. The van der Waals surface area contributed by atoms with Gasteiger partial charge in [0, 0.05) is 13.1 Å². The van der Waals surface area contributed by atoms with Crippen LogP contribution >= 0.6 is 0 Å². The quantitative estimate of drug-likeness (QED) is 0.630. The highest BCUT2D eigenvalue weighted by Gasteiger charge is 2.15. The molecular formula is C9H18N2O2. The van der Waals surface area contributed by atoms with Gasteiger partial charge in [-0.3, -0.25) is 4.79 Å². The smallest absolute Gasteiger partial charge is 0.246 e. The Labute approximate surface area is 79.0 Å². The van der Waals surface area contributed by atoms with E-state index in [2.05, 4.69) is 10.6 Å². The summed E-state index contributed by atoms with van der Waals surface area (Å²) in [5.74, 6) is -0.00579. The first-order chi connectivity index (χ1) is 6.33. The Hall–Kier alpha value is -0.610. The van der Waals surface area contributed by atoms with Crippen LogP contribution in [0.4, 0.5) is 0 Å². The van der Waals surface area contributed by atoms with Crippen molar-refractivity contribution in [2.75, 3.05) is 26.2 Å². The van der Waals surface area contributed by atoms with E-state index < -0.39 is 0 Å². The van der Waals surface area contributed by atoms with Crippen LogP contribution in [0.2, 0.25) is 0 Å². The minimum atomic E-state index is -0.00579. The molecular weight excluding hydrogens is 168 g/mol. The molecule has 1 atom stereocenters. The molecule has 0 spiro atoms. The van der Waals surface area contributed by atoms with Gasteiger partial charge in [0.2, 0.25) is 5.91 Å². The SMILES string of the molecule is CCCNC(=O)COC1CCNC1. The lowest BCUT2D eigenvalue weighted by atomic mass is 10.3. The molecule has 0 radical (unpaired) electrons. The van der Waals surface area contributed by atoms with E-state index in [4.69, 9.17) is 4.74 Å². The van der Waals surface area contributed by atoms with Crippen LogP contribution in [-0.2, 0) is 9.53 Å². The van der Waals surface area contributed by atoms with Crippen molar-refractivity contribution in [3.05, 3.63) is 0 Å². The molecule has 4 heteroatoms. The van der Waals surface area contributed by atoms with Gasteiger partial charge < -0.3 is 15.4 Å². The highest BCUT2D eigenvalue weighted by atomic mass is 16.5. The predicted octanol–water partition coefficient (Wildman–Crippen LogP) is -0.109. The molecule has 1 amide bonds. The molecule has 1 saturated heterocycles. The van der Waals surface area contributed by atoms with Crippen LogP contribution in [0.15, 0.2) is 0 Å². The molecule has 1 aliphatic rings. The van der Waals surface area contributed by atoms with Gasteiger partial charge >= 0.3 is 0 Å². The van der Waals surface area contributed by atoms with Crippen LogP contribution in [0.25, 0.3) is 0 Å². The Bertz CT molecular complexity index is 156. The topological polar surface area (TPSA) is 50.4 Å². The van der Waals surface area contributed by atoms with Crippen LogP contribution < -0.4 is 10.6 Å². The first-order valence-corrected chi connectivity index (χ1v) is 4.92. The molecule has 0 aromatic carbocycles. The summed E-state index contributed by atoms with van der Waals surface area (Å²) in [5.41, 5.74) is 0. The van der Waals surface area contributed by atoms with Crippen LogP contribution in [0.5, 0.6) is 0 Å². The Kier molecular flexibility index (Phi) is 4.78. The van der Waals surface area contributed by atoms with E-state index in [0.29, 0.717) is 0 Å². The van der Waals surface area contributed by atoms with Crippen molar-refractivity contribution in [1.82, 2.24) is 10.6 Å². The number of nitrogens with one attached hydrogen (secondary N) is 2. The molecule has 0 aromatic heterocycles. The normalized spacial score (nSPS) is 21.8. The molecule has 13 heavy (non-hydrogen) atoms. The van der Waals surface area contributed by atoms with E-state index in [-0.39, 0.29) is 18.6 Å². The Morgan fingerprint density at radius 3 is 3.15 bits per heavy atom. The summed E-state index contributed by atoms with van der Waals surface area (Å²) >= 11 is 0. The maximum atomic E-state index is 11.1. The molecule has 0 bridgehead atoms. The fraction of sp³-hybridized carbons (Fsp3) is 0.889. The summed E-state index contributed by atoms with van der Waals surface area (Å²) < 4.78 is 5.39. The lowest BCUT2D eigenvalue weighted by molar-refractivity contribution is -0.127. The molecule has 0 aliphatic carbocycles. The summed E-state index contributed by atoms with van der Waals surface area (Å²) in [6.07, 6.45) is 2.21. The molecule has 1 aliphatic heterocycles. The molecule has 0 aromatic rings. The molecule has 4 nitrogen and oxygen atoms in total. The highest BCUT2D eigenvalue weighted by molar-refractivity contribution is 5.77. The molecule has 2 N–H and O–H groups in total. The van der Waals surface area contributed by atoms with Crippen molar-refractivity contribution in [3.8, 4) is 0 Å². The molecule has 0 saturated carbocycles. The molecule has 1 unspecified atom stereocenters. The second kappa shape index (κ2) is 5.94. The number of amides is 1. The number of rotatable bonds is 5. The van der Waals surface area contributed by atoms with Crippen LogP contribution in [0, 0.1) is 0 Å². The largest absolute Gasteiger partial charge is 0.367 e. The third-order valence-electron chi connectivity index (χ3n) is 2.04. The van der Waals surface area contributed by atoms with E-state index >= 15 is 0 Å². The van der Waals surface area contributed by atoms with Gasteiger partial charge in [-0.05, 0) is 19.4 Å². The van der Waals surface area contributed by atoms with Crippen LogP contribution in [0.1, 0.15) is 19.8 Å². The first-order valence-electron chi connectivity index (χ1n) is 4.92. The van der Waals surface area contributed by atoms with Gasteiger partial charge in [-0.25, -0.2) is 0 Å². The first kappa shape index (κ1) is 10.5. The summed E-state index contributed by atoms with van der Waals surface area (Å²) in [6, 6.07) is 0. The van der Waals surface area contributed by atoms with Crippen molar-refractivity contribution in [2.45, 2.75) is 25.9 Å².